The zero-order valence-electron chi connectivity index (χ0n) is 7.88. The first-order valence-corrected chi connectivity index (χ1v) is 4.70. The van der Waals surface area contributed by atoms with Crippen LogP contribution in [0.15, 0.2) is 12.4 Å². The number of nitrogens with zero attached hydrogens (tertiary/aromatic N) is 2. The third-order valence-electron chi connectivity index (χ3n) is 3.11. The summed E-state index contributed by atoms with van der Waals surface area (Å²) >= 11 is 0. The van der Waals surface area contributed by atoms with Gasteiger partial charge in [0.05, 0.1) is 6.20 Å². The van der Waals surface area contributed by atoms with E-state index in [1.54, 1.807) is 0 Å². The first-order chi connectivity index (χ1) is 5.71. The Balaban J connectivity index is 2.28. The van der Waals surface area contributed by atoms with E-state index in [1.165, 1.54) is 31.2 Å². The van der Waals surface area contributed by atoms with Crippen molar-refractivity contribution in [2.24, 2.45) is 7.05 Å². The third-order valence-corrected chi connectivity index (χ3v) is 3.11. The van der Waals surface area contributed by atoms with E-state index in [0.29, 0.717) is 5.41 Å². The molecule has 1 aliphatic carbocycles. The van der Waals surface area contributed by atoms with Crippen molar-refractivity contribution in [3.8, 4) is 0 Å². The lowest BCUT2D eigenvalue weighted by Gasteiger charge is -2.21. The van der Waals surface area contributed by atoms with Gasteiger partial charge in [-0.05, 0) is 23.8 Å². The number of rotatable bonds is 1. The molecule has 0 N–H and O–H groups in total. The molecular formula is C10H16N2. The Kier molecular flexibility index (Phi) is 1.71. The lowest BCUT2D eigenvalue weighted by molar-refractivity contribution is 0.491. The van der Waals surface area contributed by atoms with Gasteiger partial charge < -0.3 is 0 Å². The van der Waals surface area contributed by atoms with Crippen LogP contribution in [0.5, 0.6) is 0 Å². The second-order valence-corrected chi connectivity index (χ2v) is 4.17. The van der Waals surface area contributed by atoms with E-state index in [4.69, 9.17) is 0 Å². The minimum Gasteiger partial charge on any atom is -0.276 e. The smallest absolute Gasteiger partial charge is 0.0527 e. The van der Waals surface area contributed by atoms with Crippen molar-refractivity contribution in [1.82, 2.24) is 9.78 Å². The van der Waals surface area contributed by atoms with Crippen LogP contribution in [0, 0.1) is 0 Å². The summed E-state index contributed by atoms with van der Waals surface area (Å²) in [5.41, 5.74) is 1.84. The summed E-state index contributed by atoms with van der Waals surface area (Å²) in [5.74, 6) is 0. The fourth-order valence-corrected chi connectivity index (χ4v) is 2.18. The Bertz CT molecular complexity index is 269. The molecule has 0 aromatic carbocycles. The summed E-state index contributed by atoms with van der Waals surface area (Å²) in [4.78, 5) is 0. The van der Waals surface area contributed by atoms with Crippen molar-refractivity contribution in [1.29, 1.82) is 0 Å². The quantitative estimate of drug-likeness (QED) is 0.622. The minimum absolute atomic E-state index is 0.425. The van der Waals surface area contributed by atoms with Gasteiger partial charge in [-0.2, -0.15) is 5.10 Å². The van der Waals surface area contributed by atoms with Crippen molar-refractivity contribution in [2.45, 2.75) is 38.0 Å². The van der Waals surface area contributed by atoms with Crippen molar-refractivity contribution in [3.63, 3.8) is 0 Å². The molecule has 1 aromatic rings. The molecule has 1 saturated carbocycles. The van der Waals surface area contributed by atoms with Gasteiger partial charge in [0.1, 0.15) is 0 Å². The lowest BCUT2D eigenvalue weighted by Crippen LogP contribution is -2.15. The van der Waals surface area contributed by atoms with Crippen LogP contribution < -0.4 is 0 Å². The van der Waals surface area contributed by atoms with Crippen molar-refractivity contribution < 1.29 is 0 Å². The summed E-state index contributed by atoms with van der Waals surface area (Å²) in [7, 11) is 1.99. The molecular weight excluding hydrogens is 148 g/mol. The van der Waals surface area contributed by atoms with Crippen molar-refractivity contribution in [3.05, 3.63) is 18.0 Å². The summed E-state index contributed by atoms with van der Waals surface area (Å²) in [6, 6.07) is 0. The average Bonchev–Trinajstić information content (AvgIpc) is 2.59. The van der Waals surface area contributed by atoms with E-state index in [9.17, 15) is 0 Å². The van der Waals surface area contributed by atoms with Gasteiger partial charge in [0.25, 0.3) is 0 Å². The van der Waals surface area contributed by atoms with E-state index in [1.807, 2.05) is 17.9 Å². The SMILES string of the molecule is Cn1cc(C2(C)CCCC2)cn1. The van der Waals surface area contributed by atoms with Gasteiger partial charge in [-0.3, -0.25) is 4.68 Å². The molecule has 12 heavy (non-hydrogen) atoms. The summed E-state index contributed by atoms with van der Waals surface area (Å²) in [6.07, 6.45) is 9.60. The van der Waals surface area contributed by atoms with Gasteiger partial charge in [0, 0.05) is 13.2 Å². The summed E-state index contributed by atoms with van der Waals surface area (Å²) in [5, 5.41) is 4.22. The van der Waals surface area contributed by atoms with Gasteiger partial charge >= 0.3 is 0 Å². The molecule has 0 radical (unpaired) electrons. The third kappa shape index (κ3) is 1.15. The molecule has 0 amide bonds. The molecule has 2 nitrogen and oxygen atoms in total. The van der Waals surface area contributed by atoms with Crippen LogP contribution in [-0.4, -0.2) is 9.78 Å². The molecule has 0 bridgehead atoms. The Labute approximate surface area is 73.6 Å². The molecule has 1 heterocycles. The first-order valence-electron chi connectivity index (χ1n) is 4.70. The van der Waals surface area contributed by atoms with E-state index in [2.05, 4.69) is 18.2 Å². The normalized spacial score (nSPS) is 21.5. The number of aromatic nitrogens is 2. The molecule has 0 aliphatic heterocycles. The maximum absolute atomic E-state index is 4.22. The van der Waals surface area contributed by atoms with Gasteiger partial charge in [0.15, 0.2) is 0 Å². The number of aryl methyl sites for hydroxylation is 1. The Morgan fingerprint density at radius 2 is 2.08 bits per heavy atom. The van der Waals surface area contributed by atoms with Crippen LogP contribution in [-0.2, 0) is 12.5 Å². The molecule has 2 heteroatoms. The summed E-state index contributed by atoms with van der Waals surface area (Å²) < 4.78 is 1.90. The fraction of sp³-hybridized carbons (Fsp3) is 0.700. The second-order valence-electron chi connectivity index (χ2n) is 4.17. The van der Waals surface area contributed by atoms with Crippen LogP contribution in [0.2, 0.25) is 0 Å². The second kappa shape index (κ2) is 2.61. The Hall–Kier alpha value is -0.790. The van der Waals surface area contributed by atoms with Gasteiger partial charge in [-0.1, -0.05) is 19.8 Å². The monoisotopic (exact) mass is 164 g/mol. The molecule has 0 saturated heterocycles. The summed E-state index contributed by atoms with van der Waals surface area (Å²) in [6.45, 7) is 2.36. The predicted octanol–water partition coefficient (Wildman–Crippen LogP) is 2.25. The van der Waals surface area contributed by atoms with Crippen molar-refractivity contribution in [2.75, 3.05) is 0 Å². The largest absolute Gasteiger partial charge is 0.276 e. The lowest BCUT2D eigenvalue weighted by atomic mass is 9.83. The van der Waals surface area contributed by atoms with Gasteiger partial charge in [-0.25, -0.2) is 0 Å². The molecule has 0 spiro atoms. The highest BCUT2D eigenvalue weighted by Crippen LogP contribution is 2.40. The fourth-order valence-electron chi connectivity index (χ4n) is 2.18. The first kappa shape index (κ1) is 7.84. The average molecular weight is 164 g/mol. The van der Waals surface area contributed by atoms with E-state index >= 15 is 0 Å². The van der Waals surface area contributed by atoms with Gasteiger partial charge in [-0.15, -0.1) is 0 Å². The Morgan fingerprint density at radius 1 is 1.42 bits per heavy atom. The highest BCUT2D eigenvalue weighted by Gasteiger charge is 2.31. The standard InChI is InChI=1S/C10H16N2/c1-10(5-3-4-6-10)9-7-11-12(2)8-9/h7-8H,3-6H2,1-2H3. The molecule has 0 unspecified atom stereocenters. The van der Waals surface area contributed by atoms with Crippen molar-refractivity contribution >= 4 is 0 Å². The molecule has 1 aromatic heterocycles. The minimum atomic E-state index is 0.425. The van der Waals surface area contributed by atoms with Crippen LogP contribution in [0.3, 0.4) is 0 Å². The highest BCUT2D eigenvalue weighted by molar-refractivity contribution is 5.19. The van der Waals surface area contributed by atoms with Crippen LogP contribution in [0.4, 0.5) is 0 Å². The van der Waals surface area contributed by atoms with E-state index < -0.39 is 0 Å². The highest BCUT2D eigenvalue weighted by atomic mass is 15.2. The van der Waals surface area contributed by atoms with Gasteiger partial charge in [0.2, 0.25) is 0 Å². The topological polar surface area (TPSA) is 17.8 Å². The van der Waals surface area contributed by atoms with E-state index in [-0.39, 0.29) is 0 Å². The number of hydrogen-bond donors (Lipinski definition) is 0. The Morgan fingerprint density at radius 3 is 2.58 bits per heavy atom. The van der Waals surface area contributed by atoms with Crippen LogP contribution in [0.25, 0.3) is 0 Å². The molecule has 0 atom stereocenters. The van der Waals surface area contributed by atoms with Crippen LogP contribution in [0.1, 0.15) is 38.2 Å². The number of hydrogen-bond acceptors (Lipinski definition) is 1. The zero-order valence-corrected chi connectivity index (χ0v) is 7.88. The predicted molar refractivity (Wildman–Crippen MR) is 49.0 cm³/mol. The molecule has 1 aliphatic rings. The van der Waals surface area contributed by atoms with Crippen LogP contribution >= 0.6 is 0 Å². The molecule has 66 valence electrons. The maximum atomic E-state index is 4.22. The molecule has 1 fully saturated rings. The maximum Gasteiger partial charge on any atom is 0.0527 e. The zero-order chi connectivity index (χ0) is 8.60. The molecule has 2 rings (SSSR count). The van der Waals surface area contributed by atoms with E-state index in [0.717, 1.165) is 0 Å².